The van der Waals surface area contributed by atoms with Gasteiger partial charge in [0.25, 0.3) is 0 Å². The van der Waals surface area contributed by atoms with Crippen molar-refractivity contribution in [2.24, 2.45) is 0 Å². The summed E-state index contributed by atoms with van der Waals surface area (Å²) in [5.74, 6) is 0. The maximum Gasteiger partial charge on any atom is 0.175 e. The summed E-state index contributed by atoms with van der Waals surface area (Å²) >= 11 is 11.9. The number of aromatic nitrogens is 2. The van der Waals surface area contributed by atoms with Crippen LogP contribution in [0.2, 0.25) is 10.3 Å². The van der Waals surface area contributed by atoms with Crippen LogP contribution in [-0.2, 0) is 4.74 Å². The Morgan fingerprint density at radius 3 is 3.06 bits per heavy atom. The van der Waals surface area contributed by atoms with Gasteiger partial charge in [0.15, 0.2) is 10.3 Å². The van der Waals surface area contributed by atoms with Crippen LogP contribution in [0.15, 0.2) is 6.07 Å². The van der Waals surface area contributed by atoms with Crippen LogP contribution >= 0.6 is 23.2 Å². The first kappa shape index (κ1) is 13.8. The summed E-state index contributed by atoms with van der Waals surface area (Å²) in [6.45, 7) is 4.71. The summed E-state index contributed by atoms with van der Waals surface area (Å²) in [5, 5.41) is 8.34. The quantitative estimate of drug-likeness (QED) is 0.853. The molecule has 1 aliphatic rings. The van der Waals surface area contributed by atoms with E-state index in [2.05, 4.69) is 22.0 Å². The molecule has 0 saturated carbocycles. The van der Waals surface area contributed by atoms with Crippen molar-refractivity contribution in [2.45, 2.75) is 32.3 Å². The molecule has 1 atom stereocenters. The smallest absolute Gasteiger partial charge is 0.175 e. The fourth-order valence-electron chi connectivity index (χ4n) is 2.14. The first-order valence-electron chi connectivity index (χ1n) is 6.26. The molecule has 2 rings (SSSR count). The lowest BCUT2D eigenvalue weighted by atomic mass is 10.1. The van der Waals surface area contributed by atoms with Crippen molar-refractivity contribution in [2.75, 3.05) is 24.6 Å². The van der Waals surface area contributed by atoms with Gasteiger partial charge in [-0.3, -0.25) is 0 Å². The zero-order valence-electron chi connectivity index (χ0n) is 10.4. The summed E-state index contributed by atoms with van der Waals surface area (Å²) < 4.78 is 5.80. The summed E-state index contributed by atoms with van der Waals surface area (Å²) in [6.07, 6.45) is 3.49. The third-order valence-electron chi connectivity index (χ3n) is 2.98. The SMILES string of the molecule is CCCOC1CCCN(c2cc(Cl)nnc2Cl)C1. The molecule has 100 valence electrons. The predicted molar refractivity (Wildman–Crippen MR) is 73.5 cm³/mol. The summed E-state index contributed by atoms with van der Waals surface area (Å²) in [4.78, 5) is 2.17. The number of nitrogens with zero attached hydrogens (tertiary/aromatic N) is 3. The van der Waals surface area contributed by atoms with Gasteiger partial charge in [-0.1, -0.05) is 30.1 Å². The molecule has 2 heterocycles. The second-order valence-electron chi connectivity index (χ2n) is 4.42. The van der Waals surface area contributed by atoms with Gasteiger partial charge in [0.1, 0.15) is 0 Å². The molecule has 1 fully saturated rings. The molecule has 0 spiro atoms. The molecule has 0 N–H and O–H groups in total. The fraction of sp³-hybridized carbons (Fsp3) is 0.667. The van der Waals surface area contributed by atoms with E-state index in [1.165, 1.54) is 0 Å². The average Bonchev–Trinajstić information content (AvgIpc) is 2.39. The Balaban J connectivity index is 2.05. The molecule has 1 aromatic heterocycles. The number of hydrogen-bond donors (Lipinski definition) is 0. The number of piperidine rings is 1. The third-order valence-corrected chi connectivity index (χ3v) is 3.43. The summed E-state index contributed by atoms with van der Waals surface area (Å²) in [5.41, 5.74) is 0.849. The van der Waals surface area contributed by atoms with Gasteiger partial charge < -0.3 is 9.64 Å². The van der Waals surface area contributed by atoms with E-state index in [0.29, 0.717) is 10.3 Å². The Labute approximate surface area is 117 Å². The van der Waals surface area contributed by atoms with Crippen LogP contribution in [0.4, 0.5) is 5.69 Å². The predicted octanol–water partition coefficient (Wildman–Crippen LogP) is 3.18. The van der Waals surface area contributed by atoms with E-state index in [0.717, 1.165) is 44.6 Å². The van der Waals surface area contributed by atoms with Crippen LogP contribution in [0.3, 0.4) is 0 Å². The van der Waals surface area contributed by atoms with Gasteiger partial charge in [0.2, 0.25) is 0 Å². The van der Waals surface area contributed by atoms with E-state index in [1.54, 1.807) is 6.07 Å². The van der Waals surface area contributed by atoms with Crippen molar-refractivity contribution >= 4 is 28.9 Å². The van der Waals surface area contributed by atoms with Crippen molar-refractivity contribution in [3.63, 3.8) is 0 Å². The van der Waals surface area contributed by atoms with Gasteiger partial charge in [-0.15, -0.1) is 10.2 Å². The van der Waals surface area contributed by atoms with Crippen molar-refractivity contribution < 1.29 is 4.74 Å². The maximum atomic E-state index is 6.07. The number of rotatable bonds is 4. The van der Waals surface area contributed by atoms with E-state index >= 15 is 0 Å². The van der Waals surface area contributed by atoms with Crippen LogP contribution in [0.25, 0.3) is 0 Å². The highest BCUT2D eigenvalue weighted by molar-refractivity contribution is 6.33. The lowest BCUT2D eigenvalue weighted by Gasteiger charge is -2.34. The number of ether oxygens (including phenoxy) is 1. The molecule has 18 heavy (non-hydrogen) atoms. The Morgan fingerprint density at radius 1 is 1.44 bits per heavy atom. The van der Waals surface area contributed by atoms with Crippen LogP contribution in [0.1, 0.15) is 26.2 Å². The van der Waals surface area contributed by atoms with Gasteiger partial charge in [0, 0.05) is 25.8 Å². The maximum absolute atomic E-state index is 6.07. The number of anilines is 1. The highest BCUT2D eigenvalue weighted by atomic mass is 35.5. The molecular weight excluding hydrogens is 273 g/mol. The molecule has 0 aromatic carbocycles. The number of halogens is 2. The van der Waals surface area contributed by atoms with Crippen LogP contribution in [0, 0.1) is 0 Å². The molecule has 0 bridgehead atoms. The first-order valence-corrected chi connectivity index (χ1v) is 7.01. The van der Waals surface area contributed by atoms with Gasteiger partial charge in [-0.2, -0.15) is 0 Å². The van der Waals surface area contributed by atoms with Crippen LogP contribution in [0.5, 0.6) is 0 Å². The fourth-order valence-corrected chi connectivity index (χ4v) is 2.50. The monoisotopic (exact) mass is 289 g/mol. The van der Waals surface area contributed by atoms with Gasteiger partial charge >= 0.3 is 0 Å². The third kappa shape index (κ3) is 3.46. The highest BCUT2D eigenvalue weighted by Gasteiger charge is 2.22. The van der Waals surface area contributed by atoms with Crippen molar-refractivity contribution in [1.29, 1.82) is 0 Å². The van der Waals surface area contributed by atoms with E-state index in [9.17, 15) is 0 Å². The number of hydrogen-bond acceptors (Lipinski definition) is 4. The second-order valence-corrected chi connectivity index (χ2v) is 5.17. The summed E-state index contributed by atoms with van der Waals surface area (Å²) in [7, 11) is 0. The molecule has 1 aliphatic heterocycles. The highest BCUT2D eigenvalue weighted by Crippen LogP contribution is 2.28. The topological polar surface area (TPSA) is 38.2 Å². The Hall–Kier alpha value is -0.580. The Kier molecular flexibility index (Phi) is 5.03. The van der Waals surface area contributed by atoms with E-state index in [1.807, 2.05) is 0 Å². The Bertz CT molecular complexity index is 403. The van der Waals surface area contributed by atoms with E-state index < -0.39 is 0 Å². The van der Waals surface area contributed by atoms with E-state index in [4.69, 9.17) is 27.9 Å². The van der Waals surface area contributed by atoms with E-state index in [-0.39, 0.29) is 6.10 Å². The molecule has 0 aliphatic carbocycles. The lowest BCUT2D eigenvalue weighted by Crippen LogP contribution is -2.40. The molecular formula is C12H17Cl2N3O. The molecule has 1 aromatic rings. The standard InChI is InChI=1S/C12H17Cl2N3O/c1-2-6-18-9-4-3-5-17(8-9)10-7-11(13)15-16-12(10)14/h7,9H,2-6,8H2,1H3. The normalized spacial score (nSPS) is 20.2. The first-order chi connectivity index (χ1) is 8.70. The summed E-state index contributed by atoms with van der Waals surface area (Å²) in [6, 6.07) is 1.76. The zero-order valence-corrected chi connectivity index (χ0v) is 11.9. The molecule has 0 amide bonds. The van der Waals surface area contributed by atoms with Crippen molar-refractivity contribution in [1.82, 2.24) is 10.2 Å². The van der Waals surface area contributed by atoms with Crippen molar-refractivity contribution in [3.05, 3.63) is 16.4 Å². The molecule has 4 nitrogen and oxygen atoms in total. The van der Waals surface area contributed by atoms with Gasteiger partial charge in [-0.25, -0.2) is 0 Å². The minimum atomic E-state index is 0.265. The van der Waals surface area contributed by atoms with Gasteiger partial charge in [0.05, 0.1) is 11.8 Å². The van der Waals surface area contributed by atoms with Crippen molar-refractivity contribution in [3.8, 4) is 0 Å². The van der Waals surface area contributed by atoms with Gasteiger partial charge in [-0.05, 0) is 19.3 Å². The Morgan fingerprint density at radius 2 is 2.28 bits per heavy atom. The zero-order chi connectivity index (χ0) is 13.0. The molecule has 1 saturated heterocycles. The second kappa shape index (κ2) is 6.55. The largest absolute Gasteiger partial charge is 0.376 e. The minimum absolute atomic E-state index is 0.265. The van der Waals surface area contributed by atoms with Crippen LogP contribution < -0.4 is 4.90 Å². The molecule has 0 radical (unpaired) electrons. The lowest BCUT2D eigenvalue weighted by molar-refractivity contribution is 0.0440. The average molecular weight is 290 g/mol. The molecule has 1 unspecified atom stereocenters. The molecule has 6 heteroatoms. The van der Waals surface area contributed by atoms with Crippen LogP contribution in [-0.4, -0.2) is 36.0 Å². The minimum Gasteiger partial charge on any atom is -0.376 e.